The maximum absolute atomic E-state index is 14.4. The van der Waals surface area contributed by atoms with Gasteiger partial charge in [0.15, 0.2) is 0 Å². The van der Waals surface area contributed by atoms with E-state index in [1.165, 1.54) is 106 Å². The van der Waals surface area contributed by atoms with Gasteiger partial charge in [-0.3, -0.25) is 95.9 Å². The van der Waals surface area contributed by atoms with Crippen molar-refractivity contribution < 1.29 is 111 Å². The van der Waals surface area contributed by atoms with Crippen LogP contribution in [0.4, 0.5) is 0 Å². The Labute approximate surface area is 781 Å². The molecule has 17 amide bonds. The van der Waals surface area contributed by atoms with E-state index in [-0.39, 0.29) is 76.3 Å². The Balaban J connectivity index is 1.26. The van der Waals surface area contributed by atoms with Gasteiger partial charge >= 0.3 is 17.9 Å². The van der Waals surface area contributed by atoms with E-state index in [1.807, 2.05) is 48.5 Å². The molecule has 0 radical (unpaired) electrons. The minimum atomic E-state index is -1.89. The molecule has 0 aliphatic heterocycles. The Bertz CT molecular complexity index is 4650. The van der Waals surface area contributed by atoms with Crippen molar-refractivity contribution in [1.29, 1.82) is 0 Å². The predicted molar refractivity (Wildman–Crippen MR) is 499 cm³/mol. The summed E-state index contributed by atoms with van der Waals surface area (Å²) in [5, 5.41) is 76.6. The summed E-state index contributed by atoms with van der Waals surface area (Å²) >= 11 is 0. The van der Waals surface area contributed by atoms with E-state index in [4.69, 9.17) is 5.73 Å². The number of carboxylic acid groups (broad SMARTS) is 3. The third-order valence-electron chi connectivity index (χ3n) is 22.8. The molecule has 0 spiro atoms. The van der Waals surface area contributed by atoms with E-state index >= 15 is 0 Å². The predicted octanol–water partition coefficient (Wildman–Crippen LogP) is 1.80. The van der Waals surface area contributed by atoms with Crippen LogP contribution in [0, 0.1) is 17.8 Å². The molecule has 4 rings (SSSR count). The highest BCUT2D eigenvalue weighted by Crippen LogP contribution is 2.36. The second kappa shape index (κ2) is 59.7. The van der Waals surface area contributed by atoms with Crippen LogP contribution in [0.25, 0.3) is 32.3 Å². The number of nitrogens with one attached hydrogen (secondary N) is 17. The molecule has 4 aromatic rings. The molecule has 0 fully saturated rings. The summed E-state index contributed by atoms with van der Waals surface area (Å²) in [5.74, 6) is -21.5. The molecule has 0 saturated carbocycles. The lowest BCUT2D eigenvalue weighted by molar-refractivity contribution is -0.142. The maximum Gasteiger partial charge on any atom is 0.322 e. The van der Waals surface area contributed by atoms with Gasteiger partial charge in [0.2, 0.25) is 100 Å². The van der Waals surface area contributed by atoms with Crippen LogP contribution >= 0.6 is 0 Å². The van der Waals surface area contributed by atoms with E-state index in [1.54, 1.807) is 27.7 Å². The first kappa shape index (κ1) is 114. The second-order valence-electron chi connectivity index (χ2n) is 34.8. The summed E-state index contributed by atoms with van der Waals surface area (Å²) in [6.07, 6.45) is 14.3. The van der Waals surface area contributed by atoms with Gasteiger partial charge in [0.05, 0.1) is 38.9 Å². The molecule has 0 aromatic heterocycles. The number of unbranched alkanes of at least 4 members (excludes halogenated alkanes) is 14. The van der Waals surface area contributed by atoms with Crippen LogP contribution in [0.15, 0.2) is 54.6 Å². The Morgan fingerprint density at radius 3 is 1.21 bits per heavy atom. The Hall–Kier alpha value is -12.7. The number of aliphatic carboxylic acids is 3. The normalized spacial score (nSPS) is 14.1. The Kier molecular flexibility index (Phi) is 50.6. The Morgan fingerprint density at radius 1 is 0.306 bits per heavy atom. The minimum absolute atomic E-state index is 0.0577. The molecule has 0 aliphatic carbocycles. The van der Waals surface area contributed by atoms with Gasteiger partial charge in [0, 0.05) is 13.0 Å². The third-order valence-corrected chi connectivity index (χ3v) is 22.8. The monoisotopic (exact) mass is 1880 g/mol. The van der Waals surface area contributed by atoms with Crippen molar-refractivity contribution in [2.75, 3.05) is 39.3 Å². The molecule has 41 nitrogen and oxygen atoms in total. The van der Waals surface area contributed by atoms with Crippen molar-refractivity contribution in [3.05, 3.63) is 60.2 Å². The van der Waals surface area contributed by atoms with E-state index in [9.17, 15) is 111 Å². The molecule has 134 heavy (non-hydrogen) atoms. The first-order valence-corrected chi connectivity index (χ1v) is 46.5. The molecule has 4 aromatic carbocycles. The van der Waals surface area contributed by atoms with Crippen molar-refractivity contribution in [3.8, 4) is 0 Å². The van der Waals surface area contributed by atoms with Gasteiger partial charge in [-0.05, 0) is 142 Å². The van der Waals surface area contributed by atoms with Crippen molar-refractivity contribution >= 4 is 151 Å². The molecular weight excluding hydrogens is 1740 g/mol. The summed E-state index contributed by atoms with van der Waals surface area (Å²) in [5.41, 5.74) is 6.59. The SMILES string of the molecule is CCCCCCCCCCCCCCCC(=O)N[C@@H](C)C(=O)N[C@@H](C)C(=O)N[C@@H](C)C(=O)N[C@@H](C)C(=O)NCC(=O)NCC(=O)NCC(=O)N[C@@H](CC(=O)O)C(=O)N[C@H](C(=O)N[C@@H](CCCCN)C(=O)N[C@H](C(=O)N[C@@H](C)C(=O)N[C@H](C(=O)N[C@@H](CC(=O)O)C(=O)N[C@@H](CCCCNC(=O)Cc1ccc2ccc3cccc4ccc1c2c34)C(=O)NCC(=O)O)C(C)C)C(C)C)[C@@H](C)CC. The molecule has 0 unspecified atom stereocenters. The standard InChI is InChI=1S/C93H142N18O23/c1-13-15-16-17-18-19-20-21-22-23-24-25-26-36-69(112)100-56(9)83(124)102-58(11)85(126)103-57(10)84(125)101-55(8)82(123)98-49-72(115)96-48-71(114)97-50-73(116)105-67(46-74(117)118)90(131)111-81(54(7)14-2)93(134)107-66(34-27-29-43-94)88(129)110-79(52(3)4)91(132)104-59(12)86(127)109-80(53(5)6)92(133)108-68(47-75(119)120)89(130)106-65(87(128)99-51-76(121)122)35-28-30-44-95-70(113)45-63-40-39-62-38-37-60-32-31-33-61-41-42-64(63)78(62)77(60)61/h31-33,37-42,52-59,65-68,79-81H,13-30,34-36,43-51,94H2,1-12H3,(H,95,113)(H,96,115)(H,97,114)(H,98,123)(H,99,128)(H,100,112)(H,101,125)(H,102,124)(H,103,126)(H,104,132)(H,105,116)(H,106,130)(H,107,134)(H,108,133)(H,109,127)(H,110,129)(H,111,131)(H,117,118)(H,119,120)(H,121,122)/t54-,55-,56-,57-,58-,59-,65-,66-,67-,68-,79-,80-,81-/m0/s1. The summed E-state index contributed by atoms with van der Waals surface area (Å²) in [6.45, 7) is 15.4. The average Bonchev–Trinajstić information content (AvgIpc) is 0.739. The van der Waals surface area contributed by atoms with Crippen LogP contribution in [-0.4, -0.2) is 245 Å². The van der Waals surface area contributed by atoms with Crippen LogP contribution in [0.3, 0.4) is 0 Å². The molecule has 742 valence electrons. The number of carboxylic acids is 3. The van der Waals surface area contributed by atoms with Gasteiger partial charge in [-0.1, -0.05) is 187 Å². The fourth-order valence-corrected chi connectivity index (χ4v) is 14.6. The highest BCUT2D eigenvalue weighted by Gasteiger charge is 2.38. The van der Waals surface area contributed by atoms with Crippen molar-refractivity contribution in [2.45, 2.75) is 310 Å². The molecule has 0 saturated heterocycles. The summed E-state index contributed by atoms with van der Waals surface area (Å²) in [4.78, 5) is 264. The number of amides is 17. The first-order valence-electron chi connectivity index (χ1n) is 46.5. The highest BCUT2D eigenvalue weighted by atomic mass is 16.4. The van der Waals surface area contributed by atoms with Gasteiger partial charge in [-0.25, -0.2) is 0 Å². The third kappa shape index (κ3) is 40.8. The van der Waals surface area contributed by atoms with E-state index in [0.717, 1.165) is 57.1 Å². The summed E-state index contributed by atoms with van der Waals surface area (Å²) in [6, 6.07) is 0.835. The Morgan fingerprint density at radius 2 is 0.694 bits per heavy atom. The van der Waals surface area contributed by atoms with Crippen molar-refractivity contribution in [2.24, 2.45) is 23.5 Å². The van der Waals surface area contributed by atoms with E-state index < -0.39 is 236 Å². The number of nitrogens with two attached hydrogens (primary N) is 1. The second-order valence-corrected chi connectivity index (χ2v) is 34.8. The number of rotatable bonds is 65. The number of hydrogen-bond donors (Lipinski definition) is 21. The van der Waals surface area contributed by atoms with Crippen LogP contribution in [0.2, 0.25) is 0 Å². The number of carbonyl (C=O) groups excluding carboxylic acids is 17. The number of benzene rings is 4. The highest BCUT2D eigenvalue weighted by molar-refractivity contribution is 6.24. The van der Waals surface area contributed by atoms with Crippen LogP contribution < -0.4 is 96.1 Å². The first-order chi connectivity index (χ1) is 63.5. The fourth-order valence-electron chi connectivity index (χ4n) is 14.6. The number of carbonyl (C=O) groups is 20. The van der Waals surface area contributed by atoms with Crippen molar-refractivity contribution in [3.63, 3.8) is 0 Å². The topological polar surface area (TPSA) is 633 Å². The van der Waals surface area contributed by atoms with Crippen LogP contribution in [0.5, 0.6) is 0 Å². The van der Waals surface area contributed by atoms with E-state index in [0.29, 0.717) is 12.8 Å². The lowest BCUT2D eigenvalue weighted by atomic mass is 9.91. The molecule has 41 heteroatoms. The van der Waals surface area contributed by atoms with Crippen LogP contribution in [0.1, 0.15) is 236 Å². The lowest BCUT2D eigenvalue weighted by Gasteiger charge is -2.30. The zero-order valence-electron chi connectivity index (χ0n) is 79.2. The smallest absolute Gasteiger partial charge is 0.322 e. The van der Waals surface area contributed by atoms with Gasteiger partial charge < -0.3 is 111 Å². The van der Waals surface area contributed by atoms with Gasteiger partial charge in [0.1, 0.15) is 79.0 Å². The minimum Gasteiger partial charge on any atom is -0.481 e. The molecule has 0 heterocycles. The average molecular weight is 1880 g/mol. The lowest BCUT2D eigenvalue weighted by Crippen LogP contribution is -2.61. The van der Waals surface area contributed by atoms with Gasteiger partial charge in [0.25, 0.3) is 0 Å². The molecule has 13 atom stereocenters. The van der Waals surface area contributed by atoms with E-state index in [2.05, 4.69) is 103 Å². The molecule has 0 bridgehead atoms. The number of hydrogen-bond acceptors (Lipinski definition) is 21. The summed E-state index contributed by atoms with van der Waals surface area (Å²) in [7, 11) is 0. The van der Waals surface area contributed by atoms with Gasteiger partial charge in [-0.2, -0.15) is 0 Å². The quantitative estimate of drug-likeness (QED) is 0.0221. The fraction of sp³-hybridized carbons (Fsp3) is 0.613. The van der Waals surface area contributed by atoms with Crippen LogP contribution in [-0.2, 0) is 102 Å². The zero-order valence-corrected chi connectivity index (χ0v) is 79.2. The van der Waals surface area contributed by atoms with Crippen molar-refractivity contribution in [1.82, 2.24) is 90.4 Å². The molecular formula is C93H142N18O23. The molecule has 0 aliphatic rings. The van der Waals surface area contributed by atoms with Gasteiger partial charge in [-0.15, -0.1) is 0 Å². The maximum atomic E-state index is 14.4. The zero-order chi connectivity index (χ0) is 99.8. The molecule has 22 N–H and O–H groups in total. The largest absolute Gasteiger partial charge is 0.481 e. The summed E-state index contributed by atoms with van der Waals surface area (Å²) < 4.78 is 0.